The number of nitrogens with two attached hydrogens (primary N) is 1. The molecule has 3 nitrogen and oxygen atoms in total. The normalized spacial score (nSPS) is 17.5. The molecule has 7 heteroatoms. The van der Waals surface area contributed by atoms with Crippen molar-refractivity contribution in [2.75, 3.05) is 19.3 Å². The Morgan fingerprint density at radius 2 is 1.64 bits per heavy atom. The van der Waals surface area contributed by atoms with Gasteiger partial charge in [0.25, 0.3) is 0 Å². The Morgan fingerprint density at radius 3 is 2.14 bits per heavy atom. The SMILES string of the molecule is CS.Fc1ccc(F)c(-c2ccccc2)c1F.NC[C@@H]1CCN1C(=O)C1CC1. The molecule has 28 heavy (non-hydrogen) atoms. The lowest BCUT2D eigenvalue weighted by Crippen LogP contribution is -2.55. The average molecular weight is 411 g/mol. The number of thiol groups is 1. The molecule has 1 amide bonds. The summed E-state index contributed by atoms with van der Waals surface area (Å²) in [7, 11) is 0. The number of carbonyl (C=O) groups excluding carboxylic acids is 1. The second-order valence-corrected chi connectivity index (χ2v) is 6.57. The standard InChI is InChI=1S/C12H7F3.C8H14N2O.CH4S/c13-9-6-7-10(14)12(15)11(9)8-4-2-1-3-5-8;9-5-7-3-4-10(7)8(11)6-1-2-6;1-2/h1-7H;6-7H,1-5,9H2;2H,1H3/t;7-;/m.0./s1. The minimum Gasteiger partial charge on any atom is -0.338 e. The van der Waals surface area contributed by atoms with Gasteiger partial charge >= 0.3 is 0 Å². The van der Waals surface area contributed by atoms with Gasteiger partial charge in [-0.15, -0.1) is 0 Å². The first kappa shape index (κ1) is 22.3. The zero-order chi connectivity index (χ0) is 20.7. The van der Waals surface area contributed by atoms with Crippen molar-refractivity contribution in [2.45, 2.75) is 25.3 Å². The molecule has 2 aromatic rings. The van der Waals surface area contributed by atoms with Crippen LogP contribution in [-0.2, 0) is 4.79 Å². The van der Waals surface area contributed by atoms with E-state index in [1.54, 1.807) is 24.5 Å². The maximum absolute atomic E-state index is 13.3. The van der Waals surface area contributed by atoms with E-state index in [1.807, 2.05) is 4.90 Å². The summed E-state index contributed by atoms with van der Waals surface area (Å²) in [5.41, 5.74) is 5.49. The quantitative estimate of drug-likeness (QED) is 0.586. The topological polar surface area (TPSA) is 46.3 Å². The summed E-state index contributed by atoms with van der Waals surface area (Å²) in [5.74, 6) is -2.24. The van der Waals surface area contributed by atoms with Gasteiger partial charge in [-0.2, -0.15) is 12.6 Å². The van der Waals surface area contributed by atoms with Crippen LogP contribution >= 0.6 is 12.6 Å². The van der Waals surface area contributed by atoms with Gasteiger partial charge in [0, 0.05) is 25.0 Å². The van der Waals surface area contributed by atoms with Crippen LogP contribution < -0.4 is 5.73 Å². The van der Waals surface area contributed by atoms with Crippen LogP contribution in [0, 0.1) is 23.4 Å². The van der Waals surface area contributed by atoms with Crippen LogP contribution in [0.4, 0.5) is 13.2 Å². The van der Waals surface area contributed by atoms with Gasteiger partial charge < -0.3 is 10.6 Å². The van der Waals surface area contributed by atoms with E-state index < -0.39 is 17.5 Å². The Balaban J connectivity index is 0.000000191. The summed E-state index contributed by atoms with van der Waals surface area (Å²) in [5, 5.41) is 0. The summed E-state index contributed by atoms with van der Waals surface area (Å²) in [4.78, 5) is 13.4. The van der Waals surface area contributed by atoms with Crippen LogP contribution in [0.1, 0.15) is 19.3 Å². The minimum atomic E-state index is -1.15. The predicted molar refractivity (Wildman–Crippen MR) is 109 cm³/mol. The highest BCUT2D eigenvalue weighted by atomic mass is 32.1. The monoisotopic (exact) mass is 410 g/mol. The fourth-order valence-electron chi connectivity index (χ4n) is 2.94. The Morgan fingerprint density at radius 1 is 1.04 bits per heavy atom. The fourth-order valence-corrected chi connectivity index (χ4v) is 2.94. The maximum atomic E-state index is 13.3. The highest BCUT2D eigenvalue weighted by molar-refractivity contribution is 7.79. The van der Waals surface area contributed by atoms with E-state index in [0.717, 1.165) is 37.9 Å². The zero-order valence-corrected chi connectivity index (χ0v) is 16.6. The lowest BCUT2D eigenvalue weighted by Gasteiger charge is -2.40. The third kappa shape index (κ3) is 5.29. The Bertz CT molecular complexity index is 783. The fraction of sp³-hybridized carbons (Fsp3) is 0.381. The number of amides is 1. The van der Waals surface area contributed by atoms with Gasteiger partial charge in [-0.05, 0) is 43.2 Å². The van der Waals surface area contributed by atoms with Crippen molar-refractivity contribution < 1.29 is 18.0 Å². The summed E-state index contributed by atoms with van der Waals surface area (Å²) in [6.45, 7) is 1.58. The first-order chi connectivity index (χ1) is 13.5. The van der Waals surface area contributed by atoms with E-state index in [9.17, 15) is 18.0 Å². The second-order valence-electron chi connectivity index (χ2n) is 6.57. The van der Waals surface area contributed by atoms with Crippen molar-refractivity contribution in [2.24, 2.45) is 11.7 Å². The van der Waals surface area contributed by atoms with E-state index in [1.165, 1.54) is 12.1 Å². The summed E-state index contributed by atoms with van der Waals surface area (Å²) in [6, 6.07) is 10.1. The third-order valence-electron chi connectivity index (χ3n) is 4.73. The summed E-state index contributed by atoms with van der Waals surface area (Å²) in [6.07, 6.45) is 5.01. The molecule has 2 aliphatic rings. The van der Waals surface area contributed by atoms with Gasteiger partial charge in [-0.3, -0.25) is 4.79 Å². The van der Waals surface area contributed by atoms with Gasteiger partial charge in [0.1, 0.15) is 5.82 Å². The second kappa shape index (κ2) is 10.5. The highest BCUT2D eigenvalue weighted by Crippen LogP contribution is 2.33. The molecule has 0 spiro atoms. The molecule has 1 aliphatic carbocycles. The number of benzene rings is 2. The molecule has 0 aromatic heterocycles. The van der Waals surface area contributed by atoms with Crippen molar-refractivity contribution in [3.63, 3.8) is 0 Å². The van der Waals surface area contributed by atoms with Crippen LogP contribution in [0.3, 0.4) is 0 Å². The van der Waals surface area contributed by atoms with Crippen molar-refractivity contribution >= 4 is 18.5 Å². The molecule has 0 bridgehead atoms. The number of carbonyl (C=O) groups is 1. The van der Waals surface area contributed by atoms with Gasteiger partial charge in [0.2, 0.25) is 5.91 Å². The van der Waals surface area contributed by atoms with E-state index in [4.69, 9.17) is 5.73 Å². The molecule has 152 valence electrons. The van der Waals surface area contributed by atoms with Crippen molar-refractivity contribution in [3.05, 3.63) is 59.9 Å². The largest absolute Gasteiger partial charge is 0.338 e. The molecular formula is C21H25F3N2OS. The number of nitrogens with zero attached hydrogens (tertiary/aromatic N) is 1. The molecule has 1 aliphatic heterocycles. The Labute approximate surface area is 169 Å². The van der Waals surface area contributed by atoms with Gasteiger partial charge in [-0.1, -0.05) is 30.3 Å². The van der Waals surface area contributed by atoms with Gasteiger partial charge in [-0.25, -0.2) is 13.2 Å². The Hall–Kier alpha value is -1.99. The predicted octanol–water partition coefficient (Wildman–Crippen LogP) is 4.27. The molecule has 1 saturated carbocycles. The lowest BCUT2D eigenvalue weighted by atomic mass is 10.0. The van der Waals surface area contributed by atoms with Crippen molar-refractivity contribution in [1.82, 2.24) is 4.90 Å². The van der Waals surface area contributed by atoms with Crippen LogP contribution in [0.5, 0.6) is 0 Å². The number of halogens is 3. The molecule has 2 aromatic carbocycles. The number of hydrogen-bond donors (Lipinski definition) is 2. The van der Waals surface area contributed by atoms with Gasteiger partial charge in [0.15, 0.2) is 11.6 Å². The van der Waals surface area contributed by atoms with Crippen LogP contribution in [0.2, 0.25) is 0 Å². The van der Waals surface area contributed by atoms with Crippen molar-refractivity contribution in [1.29, 1.82) is 0 Å². The zero-order valence-electron chi connectivity index (χ0n) is 15.7. The molecular weight excluding hydrogens is 385 g/mol. The molecule has 4 rings (SSSR count). The lowest BCUT2D eigenvalue weighted by molar-refractivity contribution is -0.139. The van der Waals surface area contributed by atoms with E-state index in [-0.39, 0.29) is 5.56 Å². The molecule has 1 saturated heterocycles. The average Bonchev–Trinajstić information content (AvgIpc) is 3.53. The highest BCUT2D eigenvalue weighted by Gasteiger charge is 2.39. The Kier molecular flexibility index (Phi) is 8.38. The molecule has 0 radical (unpaired) electrons. The smallest absolute Gasteiger partial charge is 0.225 e. The minimum absolute atomic E-state index is 0.324. The molecule has 1 atom stereocenters. The van der Waals surface area contributed by atoms with Crippen molar-refractivity contribution in [3.8, 4) is 11.1 Å². The first-order valence-corrected chi connectivity index (χ1v) is 10.1. The van der Waals surface area contributed by atoms with Crippen LogP contribution in [-0.4, -0.2) is 36.2 Å². The van der Waals surface area contributed by atoms with E-state index in [0.29, 0.717) is 30.0 Å². The van der Waals surface area contributed by atoms with Crippen LogP contribution in [0.25, 0.3) is 11.1 Å². The van der Waals surface area contributed by atoms with E-state index >= 15 is 0 Å². The summed E-state index contributed by atoms with van der Waals surface area (Å²) < 4.78 is 39.5. The molecule has 1 heterocycles. The number of hydrogen-bond acceptors (Lipinski definition) is 3. The molecule has 0 unspecified atom stereocenters. The maximum Gasteiger partial charge on any atom is 0.225 e. The molecule has 2 N–H and O–H groups in total. The van der Waals surface area contributed by atoms with Crippen LogP contribution in [0.15, 0.2) is 42.5 Å². The first-order valence-electron chi connectivity index (χ1n) is 9.17. The number of rotatable bonds is 3. The third-order valence-corrected chi connectivity index (χ3v) is 4.73. The van der Waals surface area contributed by atoms with Gasteiger partial charge in [0.05, 0.1) is 5.56 Å². The number of likely N-dealkylation sites (tertiary alicyclic amines) is 1. The van der Waals surface area contributed by atoms with E-state index in [2.05, 4.69) is 12.6 Å². The summed E-state index contributed by atoms with van der Waals surface area (Å²) >= 11 is 3.53. The molecule has 2 fully saturated rings.